The Bertz CT molecular complexity index is 1010. The van der Waals surface area contributed by atoms with Crippen molar-refractivity contribution >= 4 is 16.9 Å². The summed E-state index contributed by atoms with van der Waals surface area (Å²) in [5.74, 6) is -0.199. The van der Waals surface area contributed by atoms with Gasteiger partial charge in [-0.15, -0.1) is 0 Å². The molecule has 1 saturated carbocycles. The Morgan fingerprint density at radius 2 is 2.04 bits per heavy atom. The molecule has 1 aliphatic rings. The van der Waals surface area contributed by atoms with Crippen molar-refractivity contribution < 1.29 is 9.53 Å². The van der Waals surface area contributed by atoms with Crippen LogP contribution in [0, 0.1) is 0 Å². The van der Waals surface area contributed by atoms with Gasteiger partial charge in [-0.25, -0.2) is 4.79 Å². The molecule has 122 valence electrons. The Labute approximate surface area is 138 Å². The van der Waals surface area contributed by atoms with Crippen molar-refractivity contribution in [3.63, 3.8) is 0 Å². The molecule has 24 heavy (non-hydrogen) atoms. The van der Waals surface area contributed by atoms with Gasteiger partial charge < -0.3 is 14.3 Å². The van der Waals surface area contributed by atoms with Crippen LogP contribution in [0.2, 0.25) is 0 Å². The number of methoxy groups -OCH3 is 1. The summed E-state index contributed by atoms with van der Waals surface area (Å²) in [6.45, 7) is 0. The third-order valence-electron chi connectivity index (χ3n) is 4.67. The van der Waals surface area contributed by atoms with Crippen LogP contribution in [-0.4, -0.2) is 22.6 Å². The molecule has 4 rings (SSSR count). The molecule has 1 aromatic carbocycles. The van der Waals surface area contributed by atoms with E-state index in [4.69, 9.17) is 4.74 Å². The van der Waals surface area contributed by atoms with Crippen LogP contribution in [0.4, 0.5) is 0 Å². The number of H-pyrrole nitrogens is 1. The van der Waals surface area contributed by atoms with Gasteiger partial charge in [0.05, 0.1) is 12.8 Å². The lowest BCUT2D eigenvalue weighted by atomic mass is 9.99. The number of fused-ring (bicyclic) bond motifs is 1. The fourth-order valence-electron chi connectivity index (χ4n) is 3.20. The maximum atomic E-state index is 12.3. The van der Waals surface area contributed by atoms with Gasteiger partial charge in [-0.1, -0.05) is 6.07 Å². The summed E-state index contributed by atoms with van der Waals surface area (Å²) in [4.78, 5) is 27.0. The van der Waals surface area contributed by atoms with Crippen LogP contribution in [0.3, 0.4) is 0 Å². The molecule has 0 aliphatic heterocycles. The molecule has 0 bridgehead atoms. The summed E-state index contributed by atoms with van der Waals surface area (Å²) in [5, 5.41) is 1.12. The van der Waals surface area contributed by atoms with E-state index in [1.54, 1.807) is 6.07 Å². The number of aromatic amines is 1. The van der Waals surface area contributed by atoms with Gasteiger partial charge in [-0.3, -0.25) is 4.79 Å². The molecule has 5 nitrogen and oxygen atoms in total. The van der Waals surface area contributed by atoms with Crippen molar-refractivity contribution in [3.05, 3.63) is 58.0 Å². The molecule has 3 aromatic rings. The molecule has 2 aromatic heterocycles. The fourth-order valence-corrected chi connectivity index (χ4v) is 3.20. The number of aryl methyl sites for hydroxylation is 1. The highest BCUT2D eigenvalue weighted by Gasteiger charge is 2.29. The number of aromatic nitrogens is 2. The zero-order chi connectivity index (χ0) is 16.8. The maximum absolute atomic E-state index is 12.3. The number of hydrogen-bond donors (Lipinski definition) is 1. The summed E-state index contributed by atoms with van der Waals surface area (Å²) in [7, 11) is 3.29. The molecule has 1 N–H and O–H groups in total. The van der Waals surface area contributed by atoms with E-state index in [9.17, 15) is 9.59 Å². The number of nitrogens with zero attached hydrogens (tertiary/aromatic N) is 1. The van der Waals surface area contributed by atoms with Gasteiger partial charge in [0.1, 0.15) is 5.56 Å². The van der Waals surface area contributed by atoms with Crippen molar-refractivity contribution in [3.8, 4) is 11.3 Å². The molecule has 1 aliphatic carbocycles. The highest BCUT2D eigenvalue weighted by Crippen LogP contribution is 2.44. The minimum atomic E-state index is -0.594. The van der Waals surface area contributed by atoms with Crippen LogP contribution in [0.15, 0.2) is 41.3 Å². The van der Waals surface area contributed by atoms with Gasteiger partial charge in [0.25, 0.3) is 5.56 Å². The lowest BCUT2D eigenvalue weighted by Crippen LogP contribution is -2.20. The summed E-state index contributed by atoms with van der Waals surface area (Å²) in [5.41, 5.74) is 3.59. The van der Waals surface area contributed by atoms with E-state index < -0.39 is 11.5 Å². The smallest absolute Gasteiger partial charge is 0.343 e. The first-order chi connectivity index (χ1) is 11.6. The van der Waals surface area contributed by atoms with Gasteiger partial charge in [-0.2, -0.15) is 0 Å². The molecule has 5 heteroatoms. The molecule has 0 saturated heterocycles. The van der Waals surface area contributed by atoms with Crippen LogP contribution in [-0.2, 0) is 11.8 Å². The van der Waals surface area contributed by atoms with Gasteiger partial charge in [0.2, 0.25) is 0 Å². The molecule has 2 heterocycles. The van der Waals surface area contributed by atoms with E-state index >= 15 is 0 Å². The first-order valence-corrected chi connectivity index (χ1v) is 7.99. The maximum Gasteiger partial charge on any atom is 0.343 e. The second kappa shape index (κ2) is 5.37. The molecule has 0 radical (unpaired) electrons. The van der Waals surface area contributed by atoms with E-state index in [1.807, 2.05) is 25.4 Å². The van der Waals surface area contributed by atoms with Crippen molar-refractivity contribution in [1.82, 2.24) is 9.55 Å². The number of benzene rings is 1. The van der Waals surface area contributed by atoms with Crippen LogP contribution >= 0.6 is 0 Å². The van der Waals surface area contributed by atoms with Crippen molar-refractivity contribution in [2.75, 3.05) is 7.11 Å². The summed E-state index contributed by atoms with van der Waals surface area (Å²) in [6.07, 6.45) is 4.17. The third-order valence-corrected chi connectivity index (χ3v) is 4.67. The average molecular weight is 322 g/mol. The van der Waals surface area contributed by atoms with Crippen LogP contribution in [0.1, 0.15) is 34.7 Å². The Morgan fingerprint density at radius 3 is 2.75 bits per heavy atom. The van der Waals surface area contributed by atoms with Crippen molar-refractivity contribution in [2.45, 2.75) is 18.8 Å². The van der Waals surface area contributed by atoms with Gasteiger partial charge in [0.15, 0.2) is 0 Å². The largest absolute Gasteiger partial charge is 0.465 e. The van der Waals surface area contributed by atoms with Crippen molar-refractivity contribution in [1.29, 1.82) is 0 Å². The standard InChI is InChI=1S/C19H18N2O3/c1-21-8-7-12-9-13(5-6-16(12)21)17-14(11-3-4-11)10-15(18(22)20-17)19(23)24-2/h5-11H,3-4H2,1-2H3,(H,20,22). The Kier molecular flexibility index (Phi) is 3.30. The predicted molar refractivity (Wildman–Crippen MR) is 92.3 cm³/mol. The number of carbonyl (C=O) groups excluding carboxylic acids is 1. The van der Waals surface area contributed by atoms with Crippen LogP contribution in [0.25, 0.3) is 22.2 Å². The highest BCUT2D eigenvalue weighted by atomic mass is 16.5. The summed E-state index contributed by atoms with van der Waals surface area (Å²) < 4.78 is 6.78. The second-order valence-electron chi connectivity index (χ2n) is 6.31. The number of esters is 1. The van der Waals surface area contributed by atoms with Gasteiger partial charge in [-0.05, 0) is 54.2 Å². The molecular weight excluding hydrogens is 304 g/mol. The summed E-state index contributed by atoms with van der Waals surface area (Å²) in [6, 6.07) is 9.89. The van der Waals surface area contributed by atoms with E-state index in [0.717, 1.165) is 40.6 Å². The first kappa shape index (κ1) is 14.8. The minimum Gasteiger partial charge on any atom is -0.465 e. The molecular formula is C19H18N2O3. The molecule has 0 atom stereocenters. The predicted octanol–water partition coefficient (Wildman–Crippen LogP) is 3.20. The highest BCUT2D eigenvalue weighted by molar-refractivity contribution is 5.90. The molecule has 0 unspecified atom stereocenters. The Hall–Kier alpha value is -2.82. The number of pyridine rings is 1. The number of ether oxygens (including phenoxy) is 1. The Balaban J connectivity index is 1.91. The molecule has 0 amide bonds. The van der Waals surface area contributed by atoms with E-state index in [2.05, 4.69) is 21.7 Å². The van der Waals surface area contributed by atoms with E-state index in [1.165, 1.54) is 7.11 Å². The van der Waals surface area contributed by atoms with Gasteiger partial charge >= 0.3 is 5.97 Å². The zero-order valence-corrected chi connectivity index (χ0v) is 13.6. The van der Waals surface area contributed by atoms with Crippen LogP contribution in [0.5, 0.6) is 0 Å². The van der Waals surface area contributed by atoms with Crippen LogP contribution < -0.4 is 5.56 Å². The quantitative estimate of drug-likeness (QED) is 0.753. The fraction of sp³-hybridized carbons (Fsp3) is 0.263. The Morgan fingerprint density at radius 1 is 1.25 bits per heavy atom. The monoisotopic (exact) mass is 322 g/mol. The number of carbonyl (C=O) groups is 1. The third kappa shape index (κ3) is 2.33. The lowest BCUT2D eigenvalue weighted by molar-refractivity contribution is 0.0598. The van der Waals surface area contributed by atoms with E-state index in [-0.39, 0.29) is 5.56 Å². The first-order valence-electron chi connectivity index (χ1n) is 7.99. The number of hydrogen-bond acceptors (Lipinski definition) is 3. The SMILES string of the molecule is COC(=O)c1cc(C2CC2)c(-c2ccc3c(ccn3C)c2)[nH]c1=O. The summed E-state index contributed by atoms with van der Waals surface area (Å²) >= 11 is 0. The zero-order valence-electron chi connectivity index (χ0n) is 13.6. The lowest BCUT2D eigenvalue weighted by Gasteiger charge is -2.11. The van der Waals surface area contributed by atoms with E-state index in [0.29, 0.717) is 5.92 Å². The minimum absolute atomic E-state index is 0.0731. The average Bonchev–Trinajstić information content (AvgIpc) is 3.37. The normalized spacial score (nSPS) is 14.1. The topological polar surface area (TPSA) is 64.1 Å². The van der Waals surface area contributed by atoms with Gasteiger partial charge in [0, 0.05) is 24.1 Å². The number of nitrogens with one attached hydrogen (secondary N) is 1. The molecule has 0 spiro atoms. The second-order valence-corrected chi connectivity index (χ2v) is 6.31. The van der Waals surface area contributed by atoms with Crippen molar-refractivity contribution in [2.24, 2.45) is 7.05 Å². The molecule has 1 fully saturated rings. The number of rotatable bonds is 3.